The van der Waals surface area contributed by atoms with E-state index < -0.39 is 0 Å². The van der Waals surface area contributed by atoms with E-state index in [0.717, 1.165) is 31.4 Å². The monoisotopic (exact) mass is 376 g/mol. The third-order valence-corrected chi connectivity index (χ3v) is 5.63. The molecule has 140 valence electrons. The van der Waals surface area contributed by atoms with Gasteiger partial charge in [0.15, 0.2) is 0 Å². The van der Waals surface area contributed by atoms with Crippen LogP contribution in [-0.2, 0) is 14.3 Å². The SMILES string of the molecule is COCC(=O)N1CC[C@@H]2[C@@H](CCCN2C(=O)/C=C/c2ccccc2Cl)C1. The van der Waals surface area contributed by atoms with E-state index in [9.17, 15) is 9.59 Å². The Morgan fingerprint density at radius 1 is 1.27 bits per heavy atom. The lowest BCUT2D eigenvalue weighted by atomic mass is 9.83. The second kappa shape index (κ2) is 8.69. The lowest BCUT2D eigenvalue weighted by Crippen LogP contribution is -2.56. The maximum absolute atomic E-state index is 12.8. The quantitative estimate of drug-likeness (QED) is 0.759. The number of fused-ring (bicyclic) bond motifs is 1. The van der Waals surface area contributed by atoms with Gasteiger partial charge < -0.3 is 14.5 Å². The third kappa shape index (κ3) is 4.27. The molecule has 0 aromatic heterocycles. The molecule has 0 aliphatic carbocycles. The summed E-state index contributed by atoms with van der Waals surface area (Å²) in [5.74, 6) is 0.403. The predicted molar refractivity (Wildman–Crippen MR) is 102 cm³/mol. The highest BCUT2D eigenvalue weighted by Gasteiger charge is 2.38. The van der Waals surface area contributed by atoms with E-state index in [4.69, 9.17) is 16.3 Å². The molecule has 5 nitrogen and oxygen atoms in total. The van der Waals surface area contributed by atoms with Crippen LogP contribution in [0, 0.1) is 5.92 Å². The molecule has 1 aromatic rings. The van der Waals surface area contributed by atoms with Crippen molar-refractivity contribution < 1.29 is 14.3 Å². The van der Waals surface area contributed by atoms with Gasteiger partial charge in [-0.1, -0.05) is 29.8 Å². The summed E-state index contributed by atoms with van der Waals surface area (Å²) in [5.41, 5.74) is 0.844. The summed E-state index contributed by atoms with van der Waals surface area (Å²) < 4.78 is 4.96. The van der Waals surface area contributed by atoms with Crippen molar-refractivity contribution in [1.82, 2.24) is 9.80 Å². The highest BCUT2D eigenvalue weighted by atomic mass is 35.5. The molecular weight excluding hydrogens is 352 g/mol. The molecule has 2 amide bonds. The van der Waals surface area contributed by atoms with Crippen LogP contribution >= 0.6 is 11.6 Å². The predicted octanol–water partition coefficient (Wildman–Crippen LogP) is 2.84. The Kier molecular flexibility index (Phi) is 6.33. The van der Waals surface area contributed by atoms with Gasteiger partial charge in [-0.25, -0.2) is 0 Å². The average Bonchev–Trinajstić information content (AvgIpc) is 2.66. The fraction of sp³-hybridized carbons (Fsp3) is 0.500. The maximum Gasteiger partial charge on any atom is 0.248 e. The lowest BCUT2D eigenvalue weighted by Gasteiger charge is -2.47. The van der Waals surface area contributed by atoms with Crippen molar-refractivity contribution in [3.05, 3.63) is 40.9 Å². The molecule has 6 heteroatoms. The van der Waals surface area contributed by atoms with E-state index in [1.165, 1.54) is 7.11 Å². The molecule has 2 heterocycles. The third-order valence-electron chi connectivity index (χ3n) is 5.28. The van der Waals surface area contributed by atoms with Crippen LogP contribution in [-0.4, -0.2) is 61.0 Å². The second-order valence-electron chi connectivity index (χ2n) is 6.92. The summed E-state index contributed by atoms with van der Waals surface area (Å²) in [6, 6.07) is 7.69. The van der Waals surface area contributed by atoms with Gasteiger partial charge in [-0.15, -0.1) is 0 Å². The van der Waals surface area contributed by atoms with E-state index >= 15 is 0 Å². The normalized spacial score (nSPS) is 23.2. The number of piperidine rings is 2. The molecular formula is C20H25ClN2O3. The van der Waals surface area contributed by atoms with Gasteiger partial charge in [0.05, 0.1) is 0 Å². The minimum absolute atomic E-state index is 0.0243. The first-order valence-corrected chi connectivity index (χ1v) is 9.48. The highest BCUT2D eigenvalue weighted by Crippen LogP contribution is 2.31. The minimum Gasteiger partial charge on any atom is -0.375 e. The molecule has 2 fully saturated rings. The summed E-state index contributed by atoms with van der Waals surface area (Å²) in [5, 5.41) is 0.637. The number of ether oxygens (including phenoxy) is 1. The topological polar surface area (TPSA) is 49.9 Å². The molecule has 3 rings (SSSR count). The molecule has 0 radical (unpaired) electrons. The number of halogens is 1. The molecule has 0 N–H and O–H groups in total. The number of likely N-dealkylation sites (tertiary alicyclic amines) is 2. The van der Waals surface area contributed by atoms with Crippen molar-refractivity contribution in [2.75, 3.05) is 33.4 Å². The number of nitrogens with zero attached hydrogens (tertiary/aromatic N) is 2. The molecule has 2 atom stereocenters. The lowest BCUT2D eigenvalue weighted by molar-refractivity contribution is -0.141. The van der Waals surface area contributed by atoms with Crippen molar-refractivity contribution in [3.8, 4) is 0 Å². The standard InChI is InChI=1S/C20H25ClN2O3/c1-26-14-20(25)22-12-10-18-16(13-22)6-4-11-23(18)19(24)9-8-15-5-2-3-7-17(15)21/h2-3,5,7-9,16,18H,4,6,10-14H2,1H3/b9-8+/t16-,18+/m0/s1. The van der Waals surface area contributed by atoms with Gasteiger partial charge >= 0.3 is 0 Å². The molecule has 2 saturated heterocycles. The Bertz CT molecular complexity index is 691. The summed E-state index contributed by atoms with van der Waals surface area (Å²) in [4.78, 5) is 28.7. The van der Waals surface area contributed by atoms with Gasteiger partial charge in [-0.2, -0.15) is 0 Å². The summed E-state index contributed by atoms with van der Waals surface area (Å²) in [7, 11) is 1.54. The first-order chi connectivity index (χ1) is 12.6. The zero-order valence-electron chi connectivity index (χ0n) is 15.1. The van der Waals surface area contributed by atoms with Gasteiger partial charge in [0.2, 0.25) is 11.8 Å². The van der Waals surface area contributed by atoms with E-state index in [0.29, 0.717) is 24.0 Å². The number of rotatable bonds is 4. The first kappa shape index (κ1) is 18.9. The van der Waals surface area contributed by atoms with Gasteiger partial charge in [0.1, 0.15) is 6.61 Å². The van der Waals surface area contributed by atoms with Gasteiger partial charge in [0, 0.05) is 43.9 Å². The Balaban J connectivity index is 1.65. The molecule has 2 aliphatic rings. The summed E-state index contributed by atoms with van der Waals surface area (Å²) in [6.07, 6.45) is 6.25. The van der Waals surface area contributed by atoms with Gasteiger partial charge in [-0.05, 0) is 42.9 Å². The Hall–Kier alpha value is -1.85. The van der Waals surface area contributed by atoms with Crippen LogP contribution in [0.15, 0.2) is 30.3 Å². The second-order valence-corrected chi connectivity index (χ2v) is 7.32. The number of benzene rings is 1. The van der Waals surface area contributed by atoms with Crippen LogP contribution in [0.3, 0.4) is 0 Å². The summed E-state index contributed by atoms with van der Waals surface area (Å²) >= 11 is 6.15. The number of hydrogen-bond acceptors (Lipinski definition) is 3. The molecule has 1 aromatic carbocycles. The number of carbonyl (C=O) groups is 2. The van der Waals surface area contributed by atoms with Crippen molar-refractivity contribution in [2.45, 2.75) is 25.3 Å². The zero-order chi connectivity index (χ0) is 18.5. The van der Waals surface area contributed by atoms with Crippen LogP contribution in [0.25, 0.3) is 6.08 Å². The van der Waals surface area contributed by atoms with Gasteiger partial charge in [-0.3, -0.25) is 9.59 Å². The smallest absolute Gasteiger partial charge is 0.248 e. The number of methoxy groups -OCH3 is 1. The van der Waals surface area contributed by atoms with Crippen molar-refractivity contribution in [1.29, 1.82) is 0 Å². The van der Waals surface area contributed by atoms with Crippen LogP contribution in [0.2, 0.25) is 5.02 Å². The van der Waals surface area contributed by atoms with Crippen molar-refractivity contribution >= 4 is 29.5 Å². The maximum atomic E-state index is 12.8. The zero-order valence-corrected chi connectivity index (χ0v) is 15.8. The molecule has 0 unspecified atom stereocenters. The van der Waals surface area contributed by atoms with Crippen LogP contribution < -0.4 is 0 Å². The molecule has 0 spiro atoms. The van der Waals surface area contributed by atoms with E-state index in [1.807, 2.05) is 34.1 Å². The Labute approximate surface area is 159 Å². The van der Waals surface area contributed by atoms with E-state index in [2.05, 4.69) is 0 Å². The molecule has 0 saturated carbocycles. The Morgan fingerprint density at radius 2 is 2.08 bits per heavy atom. The number of amides is 2. The number of carbonyl (C=O) groups excluding carboxylic acids is 2. The fourth-order valence-corrected chi connectivity index (χ4v) is 4.18. The minimum atomic E-state index is 0.0243. The van der Waals surface area contributed by atoms with E-state index in [-0.39, 0.29) is 24.5 Å². The Morgan fingerprint density at radius 3 is 2.85 bits per heavy atom. The van der Waals surface area contributed by atoms with E-state index in [1.54, 1.807) is 12.2 Å². The van der Waals surface area contributed by atoms with Crippen LogP contribution in [0.1, 0.15) is 24.8 Å². The van der Waals surface area contributed by atoms with Crippen molar-refractivity contribution in [2.24, 2.45) is 5.92 Å². The number of hydrogen-bond donors (Lipinski definition) is 0. The van der Waals surface area contributed by atoms with Gasteiger partial charge in [0.25, 0.3) is 0 Å². The molecule has 26 heavy (non-hydrogen) atoms. The fourth-order valence-electron chi connectivity index (χ4n) is 3.99. The first-order valence-electron chi connectivity index (χ1n) is 9.10. The summed E-state index contributed by atoms with van der Waals surface area (Å²) in [6.45, 7) is 2.30. The average molecular weight is 377 g/mol. The van der Waals surface area contributed by atoms with Crippen LogP contribution in [0.5, 0.6) is 0 Å². The van der Waals surface area contributed by atoms with Crippen molar-refractivity contribution in [3.63, 3.8) is 0 Å². The largest absolute Gasteiger partial charge is 0.375 e. The molecule has 2 aliphatic heterocycles. The van der Waals surface area contributed by atoms with Crippen LogP contribution in [0.4, 0.5) is 0 Å². The molecule has 0 bridgehead atoms. The highest BCUT2D eigenvalue weighted by molar-refractivity contribution is 6.32.